The van der Waals surface area contributed by atoms with E-state index in [9.17, 15) is 39.6 Å². The van der Waals surface area contributed by atoms with Crippen LogP contribution in [0.4, 0.5) is 24.5 Å². The van der Waals surface area contributed by atoms with Crippen LogP contribution in [0, 0.1) is 5.41 Å². The van der Waals surface area contributed by atoms with Gasteiger partial charge in [-0.05, 0) is 104 Å². The zero-order valence-electron chi connectivity index (χ0n) is 36.4. The number of nitrogens with zero attached hydrogens (tertiary/aromatic N) is 3. The molecule has 0 aromatic heterocycles. The van der Waals surface area contributed by atoms with Gasteiger partial charge in [0.2, 0.25) is 0 Å². The summed E-state index contributed by atoms with van der Waals surface area (Å²) in [5.41, 5.74) is -2.22. The maximum Gasteiger partial charge on any atom is 0.501 e. The van der Waals surface area contributed by atoms with E-state index in [0.717, 1.165) is 67.0 Å². The second-order valence-electron chi connectivity index (χ2n) is 17.1. The van der Waals surface area contributed by atoms with E-state index in [-0.39, 0.29) is 5.56 Å². The number of sulfonamides is 1. The Morgan fingerprint density at radius 1 is 0.894 bits per heavy atom. The van der Waals surface area contributed by atoms with Gasteiger partial charge in [0.05, 0.1) is 23.8 Å². The molecule has 2 heterocycles. The lowest BCUT2D eigenvalue weighted by Gasteiger charge is -2.39. The first-order valence-electron chi connectivity index (χ1n) is 21.7. The van der Waals surface area contributed by atoms with Crippen molar-refractivity contribution in [3.05, 3.63) is 119 Å². The maximum atomic E-state index is 14.2. The minimum atomic E-state index is -6.07. The van der Waals surface area contributed by atoms with Crippen LogP contribution in [0.1, 0.15) is 48.5 Å². The number of nitrogens with one attached hydrogen (secondary N) is 2. The van der Waals surface area contributed by atoms with E-state index in [1.165, 1.54) is 35.0 Å². The normalized spacial score (nSPS) is 19.6. The Bertz CT molecular complexity index is 2590. The Labute approximate surface area is 393 Å². The number of amides is 1. The van der Waals surface area contributed by atoms with Crippen molar-refractivity contribution in [1.82, 2.24) is 14.5 Å². The number of anilines is 2. The molecule has 1 amide bonds. The summed E-state index contributed by atoms with van der Waals surface area (Å²) in [5.74, 6) is -0.687. The first-order chi connectivity index (χ1) is 31.4. The van der Waals surface area contributed by atoms with E-state index in [1.54, 1.807) is 12.1 Å². The number of ether oxygens (including phenoxy) is 1. The fourth-order valence-electron chi connectivity index (χ4n) is 8.45. The quantitative estimate of drug-likeness (QED) is 0.0781. The van der Waals surface area contributed by atoms with Crippen LogP contribution in [-0.4, -0.2) is 122 Å². The first-order valence-corrected chi connectivity index (χ1v) is 26.0. The van der Waals surface area contributed by atoms with Crippen molar-refractivity contribution in [2.75, 3.05) is 81.5 Å². The number of hydrogen-bond donors (Lipinski definition) is 2. The predicted octanol–water partition coefficient (Wildman–Crippen LogP) is 8.01. The van der Waals surface area contributed by atoms with Crippen molar-refractivity contribution < 1.29 is 44.3 Å². The number of hydrogen-bond acceptors (Lipinski definition) is 12. The highest BCUT2D eigenvalue weighted by atomic mass is 35.5. The van der Waals surface area contributed by atoms with Crippen LogP contribution in [0.3, 0.4) is 0 Å². The van der Waals surface area contributed by atoms with E-state index >= 15 is 0 Å². The Balaban J connectivity index is 1.02. The van der Waals surface area contributed by atoms with Gasteiger partial charge in [-0.2, -0.15) is 13.2 Å². The largest absolute Gasteiger partial charge is 0.501 e. The summed E-state index contributed by atoms with van der Waals surface area (Å²) in [6.45, 7) is 8.51. The van der Waals surface area contributed by atoms with E-state index in [0.29, 0.717) is 75.6 Å². The van der Waals surface area contributed by atoms with Gasteiger partial charge in [-0.15, -0.1) is 11.8 Å². The van der Waals surface area contributed by atoms with Crippen LogP contribution in [0.25, 0.3) is 5.57 Å². The lowest BCUT2D eigenvalue weighted by Crippen LogP contribution is -2.47. The average Bonchev–Trinajstić information content (AvgIpc) is 3.31. The molecule has 66 heavy (non-hydrogen) atoms. The minimum absolute atomic E-state index is 0.0291. The van der Waals surface area contributed by atoms with E-state index < -0.39 is 58.2 Å². The summed E-state index contributed by atoms with van der Waals surface area (Å²) in [6, 6.07) is 25.3. The topological polar surface area (TPSA) is 145 Å². The molecular formula is C47H53ClF3N5O7S3. The molecule has 4 aromatic carbocycles. The molecule has 0 radical (unpaired) electrons. The van der Waals surface area contributed by atoms with Crippen LogP contribution in [0.2, 0.25) is 5.02 Å². The van der Waals surface area contributed by atoms with E-state index in [2.05, 4.69) is 20.0 Å². The number of carbonyl (C=O) groups excluding carboxylic acids is 2. The molecule has 0 saturated carbocycles. The van der Waals surface area contributed by atoms with Crippen molar-refractivity contribution in [2.45, 2.75) is 58.8 Å². The molecule has 354 valence electrons. The first kappa shape index (κ1) is 49.5. The standard InChI is InChI=1S/C47H53ClF3N5O7S3/c1-46(33-57)19-17-42(34-7-11-37(48)12-8-34)36(30-46)31-55-21-23-56(24-22-55)39-13-9-35(10-14-39)45(58)53-66(61,62)41-15-16-43(44(29-41)65(59,60)47(49,50)51)52-38(18-20-54-25-27-63-28-26-54)32-64-40-5-3-2-4-6-40/h2-16,29,33,38,52H,17-28,30-32H2,1H3,(H,53,58)/t38-,46?/m1/s1. The molecule has 4 aromatic rings. The van der Waals surface area contributed by atoms with Crippen LogP contribution in [0.5, 0.6) is 0 Å². The highest BCUT2D eigenvalue weighted by molar-refractivity contribution is 7.99. The van der Waals surface area contributed by atoms with Crippen molar-refractivity contribution in [1.29, 1.82) is 0 Å². The molecule has 3 aliphatic rings. The third-order valence-electron chi connectivity index (χ3n) is 12.3. The molecule has 0 bridgehead atoms. The number of morpholine rings is 1. The van der Waals surface area contributed by atoms with Gasteiger partial charge in [-0.25, -0.2) is 21.6 Å². The second-order valence-corrected chi connectivity index (χ2v) is 22.2. The summed E-state index contributed by atoms with van der Waals surface area (Å²) in [6.07, 6.45) is 3.75. The van der Waals surface area contributed by atoms with Crippen LogP contribution >= 0.6 is 23.4 Å². The Morgan fingerprint density at radius 2 is 1.58 bits per heavy atom. The molecule has 2 atom stereocenters. The van der Waals surface area contributed by atoms with Crippen LogP contribution in [0.15, 0.2) is 117 Å². The molecule has 2 saturated heterocycles. The monoisotopic (exact) mass is 987 g/mol. The SMILES string of the molecule is CC1(C=O)CCC(c2ccc(Cl)cc2)=C(CN2CCN(c3ccc(C(=O)NS(=O)(=O)c4ccc(N[C@H](CCN5CCOCC5)CSc5ccccc5)c(S(=O)(=O)C(F)(F)F)c4)cc3)CC2)C1. The molecule has 7 rings (SSSR count). The van der Waals surface area contributed by atoms with Crippen molar-refractivity contribution >= 4 is 72.4 Å². The fraction of sp³-hybridized carbons (Fsp3) is 0.404. The Morgan fingerprint density at radius 3 is 2.23 bits per heavy atom. The number of halogens is 4. The molecule has 0 spiro atoms. The third kappa shape index (κ3) is 12.4. The van der Waals surface area contributed by atoms with Crippen molar-refractivity contribution in [2.24, 2.45) is 5.41 Å². The Kier molecular flexibility index (Phi) is 15.9. The number of thioether (sulfide) groups is 1. The number of allylic oxidation sites excluding steroid dienone is 1. The molecule has 2 aliphatic heterocycles. The number of rotatable bonds is 17. The van der Waals surface area contributed by atoms with Crippen molar-refractivity contribution in [3.63, 3.8) is 0 Å². The molecular weight excluding hydrogens is 935 g/mol. The van der Waals surface area contributed by atoms with Gasteiger partial charge in [0.15, 0.2) is 0 Å². The summed E-state index contributed by atoms with van der Waals surface area (Å²) >= 11 is 7.61. The fourth-order valence-corrected chi connectivity index (χ4v) is 11.6. The number of alkyl halides is 3. The van der Waals surface area contributed by atoms with Gasteiger partial charge >= 0.3 is 5.51 Å². The van der Waals surface area contributed by atoms with Gasteiger partial charge in [0.1, 0.15) is 11.2 Å². The zero-order valence-corrected chi connectivity index (χ0v) is 39.6. The lowest BCUT2D eigenvalue weighted by molar-refractivity contribution is -0.115. The predicted molar refractivity (Wildman–Crippen MR) is 252 cm³/mol. The number of carbonyl (C=O) groups is 2. The van der Waals surface area contributed by atoms with Crippen molar-refractivity contribution in [3.8, 4) is 0 Å². The van der Waals surface area contributed by atoms with Gasteiger partial charge in [0.25, 0.3) is 25.8 Å². The van der Waals surface area contributed by atoms with Gasteiger partial charge in [0, 0.05) is 90.7 Å². The number of piperazine rings is 1. The average molecular weight is 989 g/mol. The zero-order chi connectivity index (χ0) is 47.1. The third-order valence-corrected chi connectivity index (χ3v) is 16.6. The summed E-state index contributed by atoms with van der Waals surface area (Å²) in [7, 11) is -10.9. The van der Waals surface area contributed by atoms with Crippen LogP contribution in [-0.2, 0) is 29.4 Å². The lowest BCUT2D eigenvalue weighted by atomic mass is 9.72. The molecule has 1 unspecified atom stereocenters. The highest BCUT2D eigenvalue weighted by Crippen LogP contribution is 2.42. The molecule has 2 N–H and O–H groups in total. The van der Waals surface area contributed by atoms with Gasteiger partial charge in [-0.3, -0.25) is 14.6 Å². The van der Waals surface area contributed by atoms with E-state index in [1.807, 2.05) is 66.2 Å². The number of benzene rings is 4. The second kappa shape index (κ2) is 21.3. The summed E-state index contributed by atoms with van der Waals surface area (Å²) in [4.78, 5) is 30.8. The minimum Gasteiger partial charge on any atom is -0.380 e. The van der Waals surface area contributed by atoms with Gasteiger partial charge in [-0.1, -0.05) is 54.4 Å². The summed E-state index contributed by atoms with van der Waals surface area (Å²) in [5, 5.41) is 3.65. The highest BCUT2D eigenvalue weighted by Gasteiger charge is 2.48. The maximum absolute atomic E-state index is 14.2. The van der Waals surface area contributed by atoms with E-state index in [4.69, 9.17) is 16.3 Å². The molecule has 1 aliphatic carbocycles. The molecule has 19 heteroatoms. The number of aldehydes is 1. The van der Waals surface area contributed by atoms with Crippen LogP contribution < -0.4 is 14.9 Å². The number of sulfone groups is 1. The Hall–Kier alpha value is -4.43. The smallest absolute Gasteiger partial charge is 0.380 e. The molecule has 2 fully saturated rings. The summed E-state index contributed by atoms with van der Waals surface area (Å²) < 4.78 is 103. The van der Waals surface area contributed by atoms with Gasteiger partial charge < -0.3 is 19.7 Å². The molecule has 12 nitrogen and oxygen atoms in total.